The molecule has 760 valence electrons. The third-order valence-electron chi connectivity index (χ3n) is 24.3. The zero-order chi connectivity index (χ0) is 102. The van der Waals surface area contributed by atoms with E-state index in [1.807, 2.05) is 182 Å². The summed E-state index contributed by atoms with van der Waals surface area (Å²) in [6, 6.07) is 101. The number of benzene rings is 16. The second kappa shape index (κ2) is 41.2. The van der Waals surface area contributed by atoms with Crippen LogP contribution in [0.15, 0.2) is 333 Å². The number of rotatable bonds is 9. The molecule has 0 unspecified atom stereocenters. The van der Waals surface area contributed by atoms with Gasteiger partial charge in [-0.05, 0) is 126 Å². The predicted octanol–water partition coefficient (Wildman–Crippen LogP) is 34.2. The molecule has 0 aliphatic heterocycles. The third-order valence-corrected chi connectivity index (χ3v) is 24.3. The number of furan rings is 4. The molecule has 8 heterocycles. The fourth-order valence-electron chi connectivity index (χ4n) is 17.7. The van der Waals surface area contributed by atoms with Crippen LogP contribution < -0.4 is 4.74 Å². The van der Waals surface area contributed by atoms with Gasteiger partial charge in [0.15, 0.2) is 0 Å². The van der Waals surface area contributed by atoms with Crippen molar-refractivity contribution in [1.82, 2.24) is 40.8 Å². The van der Waals surface area contributed by atoms with Crippen LogP contribution >= 0.6 is 0 Å². The predicted molar refractivity (Wildman–Crippen MR) is 507 cm³/mol. The van der Waals surface area contributed by atoms with Gasteiger partial charge in [0.1, 0.15) is 11.3 Å². The van der Waals surface area contributed by atoms with E-state index in [2.05, 4.69) is 65.1 Å². The van der Waals surface area contributed by atoms with Crippen LogP contribution in [0.3, 0.4) is 0 Å². The molecule has 0 aliphatic carbocycles. The summed E-state index contributed by atoms with van der Waals surface area (Å²) in [6.07, 6.45) is -39.0. The normalized spacial score (nSPS) is 12.1. The summed E-state index contributed by atoms with van der Waals surface area (Å²) in [5.74, 6) is -1.97. The smallest absolute Gasteiger partial charge is 0.420 e. The molecule has 0 bridgehead atoms. The first-order valence-electron chi connectivity index (χ1n) is 43.8. The van der Waals surface area contributed by atoms with Crippen molar-refractivity contribution >= 4 is 130 Å². The number of para-hydroxylation sites is 4. The maximum atomic E-state index is 14.3. The maximum absolute atomic E-state index is 14.3. The molecule has 4 radical (unpaired) electrons. The molecule has 8 aromatic heterocycles. The van der Waals surface area contributed by atoms with Gasteiger partial charge in [0.25, 0.3) is 0 Å². The Morgan fingerprint density at radius 3 is 0.847 bits per heavy atom. The molecule has 0 spiro atoms. The average molecular weight is 2760 g/mol. The summed E-state index contributed by atoms with van der Waals surface area (Å²) < 4.78 is 318. The molecule has 0 N–H and O–H groups in total. The second-order valence-electron chi connectivity index (χ2n) is 33.5. The van der Waals surface area contributed by atoms with Gasteiger partial charge in [-0.25, -0.2) is 0 Å². The zero-order valence-electron chi connectivity index (χ0n) is 75.4. The monoisotopic (exact) mass is 2760 g/mol. The number of nitrogens with zero attached hydrogens (tertiary/aromatic N) is 8. The fraction of sp³-hybridized carbons (Fsp3) is 0.0714. The molecule has 0 saturated heterocycles. The van der Waals surface area contributed by atoms with Crippen LogP contribution in [-0.2, 0) is 124 Å². The van der Waals surface area contributed by atoms with Crippen molar-refractivity contribution < 1.29 is 195 Å². The van der Waals surface area contributed by atoms with Crippen LogP contribution in [0.4, 0.5) is 92.2 Å². The molecule has 0 fully saturated rings. The van der Waals surface area contributed by atoms with Gasteiger partial charge < -0.3 is 22.4 Å². The van der Waals surface area contributed by atoms with E-state index in [1.54, 1.807) is 54.6 Å². The quantitative estimate of drug-likeness (QED) is 0.0762. The molecule has 150 heavy (non-hydrogen) atoms. The Kier molecular flexibility index (Phi) is 29.2. The summed E-state index contributed by atoms with van der Waals surface area (Å²) in [6.45, 7) is 0.144. The second-order valence-corrected chi connectivity index (χ2v) is 33.5. The number of aromatic nitrogens is 8. The van der Waals surface area contributed by atoms with Crippen LogP contribution in [0, 0.1) is 31.2 Å². The van der Waals surface area contributed by atoms with Gasteiger partial charge in [0.05, 0.1) is 96.3 Å². The topological polar surface area (TPSA) is 165 Å². The molecule has 24 aromatic rings. The van der Waals surface area contributed by atoms with Crippen molar-refractivity contribution in [2.24, 2.45) is 0 Å². The molecule has 0 amide bonds. The first-order valence-corrected chi connectivity index (χ1v) is 43.8. The van der Waals surface area contributed by atoms with E-state index in [4.69, 9.17) is 22.4 Å². The van der Waals surface area contributed by atoms with Gasteiger partial charge in [-0.2, -0.15) is 128 Å². The first kappa shape index (κ1) is 106. The molecule has 0 saturated carbocycles. The van der Waals surface area contributed by atoms with Crippen LogP contribution in [0.1, 0.15) is 44.5 Å². The Morgan fingerprint density at radius 1 is 0.227 bits per heavy atom. The van der Waals surface area contributed by atoms with E-state index >= 15 is 0 Å². The Balaban J connectivity index is 0.000000136. The summed E-state index contributed by atoms with van der Waals surface area (Å²) in [5.41, 5.74) is -11.7. The number of halogens is 21. The van der Waals surface area contributed by atoms with Gasteiger partial charge >= 0.3 is 43.2 Å². The molecule has 0 aliphatic rings. The van der Waals surface area contributed by atoms with E-state index in [0.717, 1.165) is 95.0 Å². The Morgan fingerprint density at radius 2 is 0.507 bits per heavy atom. The number of fused-ring (bicyclic) bond motifs is 12. The van der Waals surface area contributed by atoms with E-state index in [1.165, 1.54) is 48.5 Å². The number of hydrogen-bond donors (Lipinski definition) is 0. The Bertz CT molecular complexity index is 9200. The van der Waals surface area contributed by atoms with Crippen molar-refractivity contribution in [3.05, 3.63) is 384 Å². The minimum absolute atomic E-state index is 0. The maximum Gasteiger partial charge on any atom is 0.420 e. The van der Waals surface area contributed by atoms with Gasteiger partial charge in [-0.1, -0.05) is 237 Å². The van der Waals surface area contributed by atoms with E-state index in [0.29, 0.717) is 112 Å². The fourth-order valence-corrected chi connectivity index (χ4v) is 17.7. The number of ether oxygens (including phenoxy) is 1. The molecule has 24 rings (SSSR count). The zero-order valence-corrected chi connectivity index (χ0v) is 85.0. The van der Waals surface area contributed by atoms with Crippen LogP contribution in [-0.4, -0.2) is 40.8 Å². The molecule has 16 aromatic carbocycles. The minimum Gasteiger partial charge on any atom is -0.518 e. The van der Waals surface area contributed by atoms with Crippen molar-refractivity contribution in [3.63, 3.8) is 0 Å². The number of alkyl halides is 21. The Hall–Kier alpha value is -15.0. The average Bonchev–Trinajstić information content (AvgIpc) is 0.780. The largest absolute Gasteiger partial charge is 0.518 e. The van der Waals surface area contributed by atoms with E-state index in [9.17, 15) is 92.2 Å². The summed E-state index contributed by atoms with van der Waals surface area (Å²) in [5, 5.41) is 47.2. The summed E-state index contributed by atoms with van der Waals surface area (Å²) in [7, 11) is 0. The van der Waals surface area contributed by atoms with Gasteiger partial charge in [0.2, 0.25) is 5.88 Å². The van der Waals surface area contributed by atoms with Crippen molar-refractivity contribution in [2.75, 3.05) is 0 Å². The van der Waals surface area contributed by atoms with Gasteiger partial charge in [0, 0.05) is 147 Å². The van der Waals surface area contributed by atoms with Crippen molar-refractivity contribution in [2.45, 2.75) is 50.2 Å². The standard InChI is InChI=1S/C31H13F12N2O2.3C27H14F3N2O.4Ir/c1-13-21(28(32,33)34)22(29(35,36)37)23(30(38,39)40)24(31(41,42)43)26(13)47-27-18-11-15-7-3-2-6-14(15)10-17(18)25(44-45-27)20-12-16-8-4-5-9-19(16)46-20;28-27(29,30)22-11-5-4-10-19(22)25-20-13-16-7-1-2-8-17(16)14-21(20)26(32-31-25)24-15-18-9-3-6-12-23(18)33-24;28-27(29,30)20-10-5-9-19(12-20)25-21-13-16-6-1-2-7-17(16)14-22(21)26(32-31-25)24-15-18-8-3-4-11-23(18)33-24;28-27(29,30)20-11-9-16(10-12-20)25-21-13-17-5-1-2-6-18(17)14-22(21)26(32-31-25)24-15-19-7-3-4-8-23(19)33-24;;;;/h2-11H,1H3;3*1-14H;;;;/q4*-1;;;;. The minimum atomic E-state index is -6.58. The summed E-state index contributed by atoms with van der Waals surface area (Å²) >= 11 is 0. The van der Waals surface area contributed by atoms with Gasteiger partial charge in [-0.3, -0.25) is 0 Å². The van der Waals surface area contributed by atoms with Crippen molar-refractivity contribution in [3.8, 4) is 91.2 Å². The third kappa shape index (κ3) is 20.8. The summed E-state index contributed by atoms with van der Waals surface area (Å²) in [4.78, 5) is 0. The van der Waals surface area contributed by atoms with Crippen LogP contribution in [0.2, 0.25) is 0 Å². The molecule has 38 heteroatoms. The molecule has 0 atom stereocenters. The van der Waals surface area contributed by atoms with E-state index in [-0.39, 0.29) is 121 Å². The van der Waals surface area contributed by atoms with Crippen LogP contribution in [0.5, 0.6) is 11.6 Å². The SMILES string of the molecule is Cc1c(Oc2nnc(-c3[c-]c4ccccc4o3)c3cc4ccccc4cc23)c(C(F)(F)F)c(C(F)(F)F)c(C(F)(F)F)c1C(F)(F)F.FC(F)(F)c1ccc(-c2nnc(-c3[c-]c4ccccc4o3)c3cc4ccccc4cc23)cc1.FC(F)(F)c1cccc(-c2nnc(-c3[c-]c4ccccc4o3)c3cc4ccccc4cc23)c1.FC(F)(F)c1ccccc1-c1nnc(-c2[c-]c3ccccc3o2)c2cc3ccccc3cc12.[Ir].[Ir].[Ir].[Ir]. The Labute approximate surface area is 884 Å². The van der Waals surface area contributed by atoms with Crippen LogP contribution in [0.25, 0.3) is 210 Å². The van der Waals surface area contributed by atoms with E-state index < -0.39 is 99.4 Å². The molecule has 13 nitrogen and oxygen atoms in total. The van der Waals surface area contributed by atoms with Crippen molar-refractivity contribution in [1.29, 1.82) is 0 Å². The number of hydrogen-bond acceptors (Lipinski definition) is 13. The first-order chi connectivity index (χ1) is 69.7. The van der Waals surface area contributed by atoms with Gasteiger partial charge in [-0.15, -0.1) is 75.2 Å². The molecular weight excluding hydrogens is 2710 g/mol. The molecular formula is C112H55F21Ir4N8O5-4.